The van der Waals surface area contributed by atoms with Crippen LogP contribution in [0.2, 0.25) is 0 Å². The van der Waals surface area contributed by atoms with E-state index in [1.807, 2.05) is 6.61 Å². The lowest BCUT2D eigenvalue weighted by atomic mass is 10.4. The van der Waals surface area contributed by atoms with Crippen molar-refractivity contribution >= 4 is 0 Å². The van der Waals surface area contributed by atoms with Crippen LogP contribution >= 0.6 is 0 Å². The summed E-state index contributed by atoms with van der Waals surface area (Å²) in [6, 6.07) is 0. The Hall–Kier alpha value is -0.120. The summed E-state index contributed by atoms with van der Waals surface area (Å²) in [5, 5.41) is 0. The fourth-order valence-electron chi connectivity index (χ4n) is 0.787. The molecule has 64 valence electrons. The van der Waals surface area contributed by atoms with Gasteiger partial charge in [0, 0.05) is 6.61 Å². The van der Waals surface area contributed by atoms with Crippen molar-refractivity contribution in [3.8, 4) is 0 Å². The summed E-state index contributed by atoms with van der Waals surface area (Å²) in [4.78, 5) is 0. The largest absolute Gasteiger partial charge is 0.376 e. The summed E-state index contributed by atoms with van der Waals surface area (Å²) in [6.07, 6.45) is 2.38. The van der Waals surface area contributed by atoms with E-state index >= 15 is 0 Å². The Labute approximate surface area is 67.6 Å². The molecule has 0 N–H and O–H groups in total. The van der Waals surface area contributed by atoms with Gasteiger partial charge in [-0.25, -0.2) is 0 Å². The fraction of sp³-hybridized carbons (Fsp3) is 0.750. The van der Waals surface area contributed by atoms with Gasteiger partial charge in [0.1, 0.15) is 6.61 Å². The summed E-state index contributed by atoms with van der Waals surface area (Å²) >= 11 is 0. The van der Waals surface area contributed by atoms with Gasteiger partial charge in [0.25, 0.3) is 0 Å². The number of hydrogen-bond acceptors (Lipinski definition) is 3. The lowest BCUT2D eigenvalue weighted by Crippen LogP contribution is -2.12. The molecule has 2 fully saturated rings. The summed E-state index contributed by atoms with van der Waals surface area (Å²) in [6.45, 7) is 6.60. The van der Waals surface area contributed by atoms with E-state index < -0.39 is 0 Å². The van der Waals surface area contributed by atoms with E-state index in [9.17, 15) is 0 Å². The summed E-state index contributed by atoms with van der Waals surface area (Å²) in [5.74, 6) is 0. The van der Waals surface area contributed by atoms with Gasteiger partial charge in [-0.1, -0.05) is 0 Å². The maximum atomic E-state index is 4.89. The second-order valence-corrected chi connectivity index (χ2v) is 2.29. The van der Waals surface area contributed by atoms with Crippen molar-refractivity contribution in [3.63, 3.8) is 0 Å². The topological polar surface area (TPSA) is 27.7 Å². The highest BCUT2D eigenvalue weighted by molar-refractivity contribution is 4.57. The Morgan fingerprint density at radius 1 is 0.909 bits per heavy atom. The van der Waals surface area contributed by atoms with Gasteiger partial charge >= 0.3 is 0 Å². The molecule has 0 aromatic heterocycles. The minimum absolute atomic E-state index is 0.653. The second-order valence-electron chi connectivity index (χ2n) is 2.29. The summed E-state index contributed by atoms with van der Waals surface area (Å²) in [7, 11) is 0. The average Bonchev–Trinajstić information content (AvgIpc) is 2.64. The fourth-order valence-corrected chi connectivity index (χ4v) is 0.787. The van der Waals surface area contributed by atoms with Gasteiger partial charge in [0.15, 0.2) is 0 Å². The molecule has 2 radical (unpaired) electrons. The Bertz CT molecular complexity index is 58.3. The van der Waals surface area contributed by atoms with Crippen molar-refractivity contribution in [2.24, 2.45) is 0 Å². The first-order chi connectivity index (χ1) is 5.50. The molecule has 0 atom stereocenters. The lowest BCUT2D eigenvalue weighted by molar-refractivity contribution is 0.00613. The third kappa shape index (κ3) is 5.18. The van der Waals surface area contributed by atoms with Crippen LogP contribution in [0.4, 0.5) is 0 Å². The molecule has 2 heterocycles. The van der Waals surface area contributed by atoms with Crippen molar-refractivity contribution in [1.29, 1.82) is 0 Å². The molecule has 0 aromatic rings. The molecule has 0 aliphatic carbocycles. The summed E-state index contributed by atoms with van der Waals surface area (Å²) < 4.78 is 14.5. The van der Waals surface area contributed by atoms with E-state index in [-0.39, 0.29) is 0 Å². The molecule has 0 unspecified atom stereocenters. The highest BCUT2D eigenvalue weighted by Gasteiger charge is 1.96. The zero-order valence-electron chi connectivity index (χ0n) is 6.62. The highest BCUT2D eigenvalue weighted by Crippen LogP contribution is 2.03. The van der Waals surface area contributed by atoms with Gasteiger partial charge < -0.3 is 14.2 Å². The third-order valence-corrected chi connectivity index (χ3v) is 1.35. The normalized spacial score (nSPS) is 24.0. The van der Waals surface area contributed by atoms with Crippen LogP contribution in [0.1, 0.15) is 12.8 Å². The van der Waals surface area contributed by atoms with Crippen molar-refractivity contribution in [1.82, 2.24) is 0 Å². The van der Waals surface area contributed by atoms with Gasteiger partial charge in [-0.3, -0.25) is 0 Å². The van der Waals surface area contributed by atoms with Crippen LogP contribution in [0.5, 0.6) is 0 Å². The van der Waals surface area contributed by atoms with Crippen molar-refractivity contribution in [2.75, 3.05) is 26.4 Å². The summed E-state index contributed by atoms with van der Waals surface area (Å²) in [5.41, 5.74) is 0. The van der Waals surface area contributed by atoms with E-state index in [0.717, 1.165) is 26.2 Å². The van der Waals surface area contributed by atoms with Crippen LogP contribution in [0.3, 0.4) is 0 Å². The number of hydrogen-bond donors (Lipinski definition) is 0. The quantitative estimate of drug-likeness (QED) is 0.529. The first kappa shape index (κ1) is 8.97. The Kier molecular flexibility index (Phi) is 5.37. The molecule has 3 nitrogen and oxygen atoms in total. The van der Waals surface area contributed by atoms with E-state index in [2.05, 4.69) is 0 Å². The molecule has 2 aliphatic rings. The standard InChI is InChI=1S/C4H7O2.C4H7O/c1-2-6-4-3-5-1;1-2-4-5-3-1/h1H,2-4H2;3H,1-2,4H2. The van der Waals surface area contributed by atoms with Gasteiger partial charge in [0.2, 0.25) is 0 Å². The Morgan fingerprint density at radius 2 is 1.82 bits per heavy atom. The molecule has 0 saturated carbocycles. The van der Waals surface area contributed by atoms with Crippen LogP contribution in [0, 0.1) is 13.2 Å². The molecule has 11 heavy (non-hydrogen) atoms. The van der Waals surface area contributed by atoms with E-state index in [1.54, 1.807) is 6.61 Å². The lowest BCUT2D eigenvalue weighted by Gasteiger charge is -2.09. The molecular formula is C8H14O3. The van der Waals surface area contributed by atoms with Crippen molar-refractivity contribution in [3.05, 3.63) is 13.2 Å². The van der Waals surface area contributed by atoms with Crippen LogP contribution < -0.4 is 0 Å². The number of rotatable bonds is 0. The first-order valence-corrected chi connectivity index (χ1v) is 3.94. The van der Waals surface area contributed by atoms with Crippen LogP contribution in [0.25, 0.3) is 0 Å². The molecule has 2 rings (SSSR count). The van der Waals surface area contributed by atoms with Crippen LogP contribution in [0.15, 0.2) is 0 Å². The highest BCUT2D eigenvalue weighted by atomic mass is 16.6. The minimum atomic E-state index is 0.653. The van der Waals surface area contributed by atoms with E-state index in [1.165, 1.54) is 6.42 Å². The average molecular weight is 158 g/mol. The minimum Gasteiger partial charge on any atom is -0.376 e. The van der Waals surface area contributed by atoms with E-state index in [0.29, 0.717) is 6.61 Å². The Balaban J connectivity index is 0.000000112. The van der Waals surface area contributed by atoms with Crippen molar-refractivity contribution < 1.29 is 14.2 Å². The predicted octanol–water partition coefficient (Wildman–Crippen LogP) is 1.15. The smallest absolute Gasteiger partial charge is 0.109 e. The molecule has 0 spiro atoms. The van der Waals surface area contributed by atoms with Gasteiger partial charge in [-0.2, -0.15) is 0 Å². The van der Waals surface area contributed by atoms with Crippen LogP contribution in [-0.2, 0) is 14.2 Å². The molecular weight excluding hydrogens is 144 g/mol. The second kappa shape index (κ2) is 6.58. The molecule has 3 heteroatoms. The molecule has 0 aromatic carbocycles. The zero-order chi connectivity index (χ0) is 7.78. The number of ether oxygens (including phenoxy) is 3. The first-order valence-electron chi connectivity index (χ1n) is 3.94. The maximum Gasteiger partial charge on any atom is 0.109 e. The van der Waals surface area contributed by atoms with Gasteiger partial charge in [0.05, 0.1) is 26.4 Å². The molecule has 2 aliphatic heterocycles. The SMILES string of the molecule is [CH]1CCCO1.[CH]1COCCO1. The molecule has 0 amide bonds. The predicted molar refractivity (Wildman–Crippen MR) is 40.6 cm³/mol. The Morgan fingerprint density at radius 3 is 2.00 bits per heavy atom. The third-order valence-electron chi connectivity index (χ3n) is 1.35. The zero-order valence-corrected chi connectivity index (χ0v) is 6.62. The van der Waals surface area contributed by atoms with Gasteiger partial charge in [-0.15, -0.1) is 0 Å². The molecule has 0 bridgehead atoms. The monoisotopic (exact) mass is 158 g/mol. The maximum absolute atomic E-state index is 4.89. The van der Waals surface area contributed by atoms with Crippen molar-refractivity contribution in [2.45, 2.75) is 12.8 Å². The van der Waals surface area contributed by atoms with Gasteiger partial charge in [-0.05, 0) is 12.8 Å². The van der Waals surface area contributed by atoms with Crippen LogP contribution in [-0.4, -0.2) is 26.4 Å². The molecule has 2 saturated heterocycles. The van der Waals surface area contributed by atoms with E-state index in [4.69, 9.17) is 14.2 Å².